The third kappa shape index (κ3) is 2.90. The van der Waals surface area contributed by atoms with Crippen LogP contribution < -0.4 is 0 Å². The van der Waals surface area contributed by atoms with E-state index in [-0.39, 0.29) is 11.9 Å². The molecule has 2 aromatic carbocycles. The predicted molar refractivity (Wildman–Crippen MR) is 85.4 cm³/mol. The van der Waals surface area contributed by atoms with Crippen molar-refractivity contribution in [3.63, 3.8) is 0 Å². The fourth-order valence-electron chi connectivity index (χ4n) is 2.83. The molecule has 0 aromatic heterocycles. The van der Waals surface area contributed by atoms with E-state index in [2.05, 4.69) is 38.1 Å². The van der Waals surface area contributed by atoms with Crippen LogP contribution in [-0.2, 0) is 0 Å². The molecule has 0 aliphatic carbocycles. The summed E-state index contributed by atoms with van der Waals surface area (Å²) in [5, 5.41) is 0. The Morgan fingerprint density at radius 3 is 2.43 bits per heavy atom. The molecular weight excluding hydrogens is 261 g/mol. The molecule has 0 bridgehead atoms. The molecule has 0 spiro atoms. The summed E-state index contributed by atoms with van der Waals surface area (Å²) >= 11 is 0. The van der Waals surface area contributed by atoms with Crippen molar-refractivity contribution in [2.45, 2.75) is 38.6 Å². The maximum atomic E-state index is 13.8. The summed E-state index contributed by atoms with van der Waals surface area (Å²) in [6.45, 7) is 4.39. The number of benzene rings is 2. The van der Waals surface area contributed by atoms with Crippen molar-refractivity contribution in [3.05, 3.63) is 71.0 Å². The second-order valence-corrected chi connectivity index (χ2v) is 5.93. The minimum absolute atomic E-state index is 0.167. The lowest BCUT2D eigenvalue weighted by atomic mass is 9.98. The van der Waals surface area contributed by atoms with Gasteiger partial charge in [-0.3, -0.25) is 4.99 Å². The van der Waals surface area contributed by atoms with E-state index in [0.717, 1.165) is 18.6 Å². The largest absolute Gasteiger partial charge is 0.281 e. The Balaban J connectivity index is 1.84. The fourth-order valence-corrected chi connectivity index (χ4v) is 2.83. The lowest BCUT2D eigenvalue weighted by Gasteiger charge is -2.10. The van der Waals surface area contributed by atoms with Gasteiger partial charge in [0.2, 0.25) is 0 Å². The van der Waals surface area contributed by atoms with Gasteiger partial charge < -0.3 is 0 Å². The van der Waals surface area contributed by atoms with Gasteiger partial charge in [-0.2, -0.15) is 0 Å². The second-order valence-electron chi connectivity index (χ2n) is 5.93. The van der Waals surface area contributed by atoms with Gasteiger partial charge >= 0.3 is 0 Å². The monoisotopic (exact) mass is 281 g/mol. The Morgan fingerprint density at radius 2 is 1.76 bits per heavy atom. The highest BCUT2D eigenvalue weighted by Crippen LogP contribution is 2.32. The van der Waals surface area contributed by atoms with Crippen LogP contribution in [0, 0.1) is 5.82 Å². The van der Waals surface area contributed by atoms with Crippen LogP contribution in [-0.4, -0.2) is 5.71 Å². The number of rotatable bonds is 3. The molecule has 0 saturated heterocycles. The Morgan fingerprint density at radius 1 is 1.05 bits per heavy atom. The standard InChI is InChI=1S/C19H20FN/c1-13(2)14-7-9-15(10-8-14)18-11-12-19(21-18)16-5-3-4-6-17(16)20/h3-10,13,18H,11-12H2,1-2H3. The molecule has 3 rings (SSSR count). The van der Waals surface area contributed by atoms with Crippen LogP contribution in [0.5, 0.6) is 0 Å². The van der Waals surface area contributed by atoms with E-state index in [0.29, 0.717) is 11.5 Å². The topological polar surface area (TPSA) is 12.4 Å². The fraction of sp³-hybridized carbons (Fsp3) is 0.316. The normalized spacial score (nSPS) is 18.1. The van der Waals surface area contributed by atoms with Crippen LogP contribution >= 0.6 is 0 Å². The smallest absolute Gasteiger partial charge is 0.132 e. The van der Waals surface area contributed by atoms with Crippen molar-refractivity contribution in [2.24, 2.45) is 4.99 Å². The molecule has 0 amide bonds. The highest BCUT2D eigenvalue weighted by molar-refractivity contribution is 6.02. The molecule has 1 atom stereocenters. The van der Waals surface area contributed by atoms with Crippen LogP contribution in [0.25, 0.3) is 0 Å². The average molecular weight is 281 g/mol. The number of hydrogen-bond donors (Lipinski definition) is 0. The predicted octanol–water partition coefficient (Wildman–Crippen LogP) is 5.27. The first-order valence-corrected chi connectivity index (χ1v) is 7.56. The average Bonchev–Trinajstić information content (AvgIpc) is 2.97. The maximum Gasteiger partial charge on any atom is 0.132 e. The molecule has 108 valence electrons. The lowest BCUT2D eigenvalue weighted by molar-refractivity contribution is 0.625. The molecule has 1 nitrogen and oxygen atoms in total. The van der Waals surface area contributed by atoms with E-state index in [1.807, 2.05) is 12.1 Å². The van der Waals surface area contributed by atoms with Crippen molar-refractivity contribution in [2.75, 3.05) is 0 Å². The summed E-state index contributed by atoms with van der Waals surface area (Å²) in [5.74, 6) is 0.368. The summed E-state index contributed by atoms with van der Waals surface area (Å²) in [5.41, 5.74) is 4.12. The first-order chi connectivity index (χ1) is 10.1. The van der Waals surface area contributed by atoms with Crippen LogP contribution in [0.1, 0.15) is 55.3 Å². The Labute approximate surface area is 125 Å². The molecule has 1 aliphatic rings. The van der Waals surface area contributed by atoms with Crippen molar-refractivity contribution in [3.8, 4) is 0 Å². The zero-order valence-corrected chi connectivity index (χ0v) is 12.5. The van der Waals surface area contributed by atoms with Crippen LogP contribution in [0.2, 0.25) is 0 Å². The number of halogens is 1. The summed E-state index contributed by atoms with van der Waals surface area (Å²) < 4.78 is 13.8. The number of aliphatic imine (C=N–C) groups is 1. The first-order valence-electron chi connectivity index (χ1n) is 7.56. The summed E-state index contributed by atoms with van der Waals surface area (Å²) in [4.78, 5) is 4.74. The zero-order chi connectivity index (χ0) is 14.8. The minimum Gasteiger partial charge on any atom is -0.281 e. The van der Waals surface area contributed by atoms with Gasteiger partial charge in [-0.1, -0.05) is 56.3 Å². The molecule has 0 saturated carbocycles. The van der Waals surface area contributed by atoms with Gasteiger partial charge in [0, 0.05) is 11.3 Å². The second kappa shape index (κ2) is 5.80. The maximum absolute atomic E-state index is 13.8. The van der Waals surface area contributed by atoms with Crippen molar-refractivity contribution < 1.29 is 4.39 Å². The van der Waals surface area contributed by atoms with E-state index in [1.54, 1.807) is 6.07 Å². The molecular formula is C19H20FN. The Hall–Kier alpha value is -1.96. The van der Waals surface area contributed by atoms with Crippen molar-refractivity contribution >= 4 is 5.71 Å². The van der Waals surface area contributed by atoms with Crippen LogP contribution in [0.4, 0.5) is 4.39 Å². The van der Waals surface area contributed by atoms with Crippen LogP contribution in [0.3, 0.4) is 0 Å². The Kier molecular flexibility index (Phi) is 3.87. The SMILES string of the molecule is CC(C)c1ccc(C2CCC(c3ccccc3F)=N2)cc1. The summed E-state index contributed by atoms with van der Waals surface area (Å²) in [6.07, 6.45) is 1.81. The van der Waals surface area contributed by atoms with E-state index < -0.39 is 0 Å². The van der Waals surface area contributed by atoms with Gasteiger partial charge in [0.25, 0.3) is 0 Å². The lowest BCUT2D eigenvalue weighted by Crippen LogP contribution is -1.99. The van der Waals surface area contributed by atoms with Crippen molar-refractivity contribution in [1.29, 1.82) is 0 Å². The summed E-state index contributed by atoms with van der Waals surface area (Å²) in [7, 11) is 0. The Bertz CT molecular complexity index is 656. The third-order valence-electron chi connectivity index (χ3n) is 4.14. The van der Waals surface area contributed by atoms with E-state index in [9.17, 15) is 4.39 Å². The highest BCUT2D eigenvalue weighted by atomic mass is 19.1. The molecule has 2 heteroatoms. The van der Waals surface area contributed by atoms with E-state index >= 15 is 0 Å². The van der Waals surface area contributed by atoms with E-state index in [4.69, 9.17) is 4.99 Å². The van der Waals surface area contributed by atoms with Gasteiger partial charge in [-0.15, -0.1) is 0 Å². The number of nitrogens with zero attached hydrogens (tertiary/aromatic N) is 1. The van der Waals surface area contributed by atoms with Crippen LogP contribution in [0.15, 0.2) is 53.5 Å². The molecule has 2 aromatic rings. The minimum atomic E-state index is -0.174. The molecule has 0 N–H and O–H groups in total. The van der Waals surface area contributed by atoms with Crippen molar-refractivity contribution in [1.82, 2.24) is 0 Å². The molecule has 0 radical (unpaired) electrons. The van der Waals surface area contributed by atoms with Gasteiger partial charge in [0.1, 0.15) is 5.82 Å². The molecule has 1 unspecified atom stereocenters. The van der Waals surface area contributed by atoms with E-state index in [1.165, 1.54) is 17.2 Å². The quantitative estimate of drug-likeness (QED) is 0.726. The molecule has 0 fully saturated rings. The third-order valence-corrected chi connectivity index (χ3v) is 4.14. The molecule has 21 heavy (non-hydrogen) atoms. The van der Waals surface area contributed by atoms with Gasteiger partial charge in [0.05, 0.1) is 6.04 Å². The first kappa shape index (κ1) is 14.0. The highest BCUT2D eigenvalue weighted by Gasteiger charge is 2.21. The number of hydrogen-bond acceptors (Lipinski definition) is 1. The van der Waals surface area contributed by atoms with Gasteiger partial charge in [-0.25, -0.2) is 4.39 Å². The zero-order valence-electron chi connectivity index (χ0n) is 12.5. The van der Waals surface area contributed by atoms with Gasteiger partial charge in [0.15, 0.2) is 0 Å². The summed E-state index contributed by atoms with van der Waals surface area (Å²) in [6, 6.07) is 15.7. The molecule has 1 aliphatic heterocycles. The van der Waals surface area contributed by atoms with Gasteiger partial charge in [-0.05, 0) is 36.0 Å². The molecule has 1 heterocycles.